The van der Waals surface area contributed by atoms with Gasteiger partial charge in [0.25, 0.3) is 0 Å². The van der Waals surface area contributed by atoms with Gasteiger partial charge in [0, 0.05) is 36.2 Å². The highest BCUT2D eigenvalue weighted by Crippen LogP contribution is 2.38. The Hall–Kier alpha value is -1.51. The van der Waals surface area contributed by atoms with E-state index in [0.29, 0.717) is 17.9 Å². The quantitative estimate of drug-likeness (QED) is 0.573. The molecule has 160 valence electrons. The van der Waals surface area contributed by atoms with Gasteiger partial charge in [-0.3, -0.25) is 0 Å². The Labute approximate surface area is 187 Å². The van der Waals surface area contributed by atoms with Gasteiger partial charge >= 0.3 is 6.18 Å². The van der Waals surface area contributed by atoms with E-state index in [4.69, 9.17) is 4.74 Å². The molecular formula is C22H21ClF3NOS2. The molecule has 2 aliphatic rings. The van der Waals surface area contributed by atoms with E-state index in [1.165, 1.54) is 23.5 Å². The molecule has 0 bridgehead atoms. The number of benzene rings is 1. The molecule has 0 radical (unpaired) electrons. The van der Waals surface area contributed by atoms with E-state index in [1.54, 1.807) is 17.8 Å². The molecule has 2 nitrogen and oxygen atoms in total. The fraction of sp³-hybridized carbons (Fsp3) is 0.273. The number of hydrogen-bond acceptors (Lipinski definition) is 4. The number of nitrogens with zero attached hydrogens (tertiary/aromatic N) is 1. The Morgan fingerprint density at radius 1 is 1.10 bits per heavy atom. The van der Waals surface area contributed by atoms with Crippen molar-refractivity contribution in [3.63, 3.8) is 0 Å². The average Bonchev–Trinajstić information content (AvgIpc) is 2.92. The van der Waals surface area contributed by atoms with Crippen LogP contribution in [0.3, 0.4) is 0 Å². The van der Waals surface area contributed by atoms with Crippen molar-refractivity contribution in [3.8, 4) is 0 Å². The fourth-order valence-electron chi connectivity index (χ4n) is 3.19. The lowest BCUT2D eigenvalue weighted by molar-refractivity contribution is -0.137. The van der Waals surface area contributed by atoms with Crippen LogP contribution in [0, 0.1) is 0 Å². The molecule has 30 heavy (non-hydrogen) atoms. The molecule has 0 amide bonds. The zero-order chi connectivity index (χ0) is 20.6. The van der Waals surface area contributed by atoms with Crippen LogP contribution in [0.4, 0.5) is 13.2 Å². The molecule has 2 heterocycles. The molecule has 2 aromatic rings. The highest BCUT2D eigenvalue weighted by Gasteiger charge is 2.31. The molecule has 0 saturated heterocycles. The summed E-state index contributed by atoms with van der Waals surface area (Å²) in [6, 6.07) is 4.03. The predicted octanol–water partition coefficient (Wildman–Crippen LogP) is 4.94. The molecule has 1 aromatic carbocycles. The van der Waals surface area contributed by atoms with Gasteiger partial charge in [-0.05, 0) is 44.0 Å². The lowest BCUT2D eigenvalue weighted by Gasteiger charge is -2.16. The zero-order valence-electron chi connectivity index (χ0n) is 16.5. The molecule has 0 atom stereocenters. The number of thioether (sulfide) groups is 1. The predicted molar refractivity (Wildman–Crippen MR) is 123 cm³/mol. The first-order valence-electron chi connectivity index (χ1n) is 9.17. The average molecular weight is 472 g/mol. The molecule has 8 heteroatoms. The third-order valence-corrected chi connectivity index (χ3v) is 6.94. The van der Waals surface area contributed by atoms with Crippen LogP contribution in [-0.2, 0) is 10.9 Å². The fourth-order valence-corrected chi connectivity index (χ4v) is 5.53. The molecule has 0 spiro atoms. The summed E-state index contributed by atoms with van der Waals surface area (Å²) in [5, 5.41) is 1.87. The molecule has 0 fully saturated rings. The largest absolute Gasteiger partial charge is 0.416 e. The minimum absolute atomic E-state index is 0. The Kier molecular flexibility index (Phi) is 7.20. The number of rotatable bonds is 5. The van der Waals surface area contributed by atoms with E-state index in [9.17, 15) is 13.2 Å². The van der Waals surface area contributed by atoms with Gasteiger partial charge in [-0.2, -0.15) is 13.2 Å². The maximum Gasteiger partial charge on any atom is 0.416 e. The smallest absolute Gasteiger partial charge is 0.375 e. The number of likely N-dealkylation sites (N-methyl/N-ethyl adjacent to an activating group) is 1. The maximum atomic E-state index is 13.1. The van der Waals surface area contributed by atoms with E-state index in [2.05, 4.69) is 17.1 Å². The third kappa shape index (κ3) is 4.86. The van der Waals surface area contributed by atoms with Crippen LogP contribution in [0.2, 0.25) is 0 Å². The number of fused-ring (bicyclic) bond motifs is 4. The van der Waals surface area contributed by atoms with Crippen molar-refractivity contribution in [2.75, 3.05) is 33.9 Å². The molecular weight excluding hydrogens is 451 g/mol. The summed E-state index contributed by atoms with van der Waals surface area (Å²) in [5.41, 5.74) is 0.463. The van der Waals surface area contributed by atoms with Crippen molar-refractivity contribution in [3.05, 3.63) is 68.3 Å². The van der Waals surface area contributed by atoms with E-state index < -0.39 is 11.7 Å². The topological polar surface area (TPSA) is 12.5 Å². The number of allylic oxidation sites excluding steroid dienone is 4. The van der Waals surface area contributed by atoms with Crippen LogP contribution >= 0.6 is 35.5 Å². The molecule has 1 aliphatic carbocycles. The van der Waals surface area contributed by atoms with Gasteiger partial charge in [0.15, 0.2) is 0 Å². The van der Waals surface area contributed by atoms with Crippen molar-refractivity contribution in [2.45, 2.75) is 6.18 Å². The van der Waals surface area contributed by atoms with Gasteiger partial charge in [0.05, 0.1) is 18.8 Å². The minimum Gasteiger partial charge on any atom is -0.375 e. The summed E-state index contributed by atoms with van der Waals surface area (Å²) in [5.74, 6) is 0. The van der Waals surface area contributed by atoms with Gasteiger partial charge in [-0.25, -0.2) is 0 Å². The van der Waals surface area contributed by atoms with Gasteiger partial charge in [-0.15, -0.1) is 23.7 Å². The number of hydrogen-bond donors (Lipinski definition) is 0. The first-order valence-corrected chi connectivity index (χ1v) is 10.8. The number of alkyl halides is 3. The van der Waals surface area contributed by atoms with Crippen molar-refractivity contribution in [1.29, 1.82) is 0 Å². The Morgan fingerprint density at radius 2 is 1.90 bits per heavy atom. The zero-order valence-corrected chi connectivity index (χ0v) is 18.9. The van der Waals surface area contributed by atoms with Crippen LogP contribution in [-0.4, -0.2) is 38.8 Å². The molecule has 4 rings (SSSR count). The Morgan fingerprint density at radius 3 is 2.63 bits per heavy atom. The van der Waals surface area contributed by atoms with Crippen LogP contribution in [0.15, 0.2) is 53.0 Å². The van der Waals surface area contributed by atoms with E-state index >= 15 is 0 Å². The Bertz CT molecular complexity index is 1160. The van der Waals surface area contributed by atoms with E-state index in [0.717, 1.165) is 37.1 Å². The minimum atomic E-state index is -4.34. The van der Waals surface area contributed by atoms with E-state index in [-0.39, 0.29) is 12.4 Å². The summed E-state index contributed by atoms with van der Waals surface area (Å²) < 4.78 is 46.8. The SMILES string of the molecule is CN(C)CCOCC1=CC=C2C=CC=c3sc4cc(C(F)(F)F)ccc4c3=C2S1.Cl. The summed E-state index contributed by atoms with van der Waals surface area (Å²) in [7, 11) is 4.01. The number of halogens is 4. The van der Waals surface area contributed by atoms with Gasteiger partial charge in [0.1, 0.15) is 0 Å². The highest BCUT2D eigenvalue weighted by molar-refractivity contribution is 8.11. The van der Waals surface area contributed by atoms with Crippen molar-refractivity contribution in [1.82, 2.24) is 4.90 Å². The van der Waals surface area contributed by atoms with Crippen molar-refractivity contribution in [2.24, 2.45) is 0 Å². The molecule has 1 aliphatic heterocycles. The summed E-state index contributed by atoms with van der Waals surface area (Å²) in [6.07, 6.45) is 5.77. The molecule has 0 saturated carbocycles. The maximum absolute atomic E-state index is 13.1. The van der Waals surface area contributed by atoms with Crippen molar-refractivity contribution < 1.29 is 17.9 Å². The second-order valence-electron chi connectivity index (χ2n) is 7.12. The molecule has 0 unspecified atom stereocenters. The number of ether oxygens (including phenoxy) is 1. The van der Waals surface area contributed by atoms with E-state index in [1.807, 2.05) is 32.3 Å². The van der Waals surface area contributed by atoms with Gasteiger partial charge in [-0.1, -0.05) is 36.1 Å². The number of thiophene rings is 1. The van der Waals surface area contributed by atoms with Crippen LogP contribution in [0.5, 0.6) is 0 Å². The third-order valence-electron chi connectivity index (χ3n) is 4.67. The summed E-state index contributed by atoms with van der Waals surface area (Å²) >= 11 is 3.04. The van der Waals surface area contributed by atoms with Crippen LogP contribution in [0.1, 0.15) is 5.56 Å². The summed E-state index contributed by atoms with van der Waals surface area (Å²) in [4.78, 5) is 4.24. The molecule has 0 N–H and O–H groups in total. The van der Waals surface area contributed by atoms with Crippen LogP contribution in [0.25, 0.3) is 21.1 Å². The Balaban J connectivity index is 0.00000256. The lowest BCUT2D eigenvalue weighted by atomic mass is 10.1. The first kappa shape index (κ1) is 23.2. The monoisotopic (exact) mass is 471 g/mol. The van der Waals surface area contributed by atoms with Crippen LogP contribution < -0.4 is 9.75 Å². The first-order chi connectivity index (χ1) is 13.8. The normalized spacial score (nSPS) is 15.7. The highest BCUT2D eigenvalue weighted by atomic mass is 35.5. The second kappa shape index (κ2) is 9.32. The van der Waals surface area contributed by atoms with Gasteiger partial charge in [0.2, 0.25) is 0 Å². The molecule has 1 aromatic heterocycles. The summed E-state index contributed by atoms with van der Waals surface area (Å²) in [6.45, 7) is 2.03. The van der Waals surface area contributed by atoms with Crippen molar-refractivity contribution >= 4 is 56.6 Å². The second-order valence-corrected chi connectivity index (χ2v) is 9.34. The standard InChI is InChI=1S/C22H20F3NOS2.ClH/c1-26(2)10-11-27-13-16-8-6-14-4-3-5-18-20(21(14)28-16)17-9-7-15(22(23,24)25)12-19(17)29-18;/h3-9,12H,10-11,13H2,1-2H3;1H. The van der Waals surface area contributed by atoms with Gasteiger partial charge < -0.3 is 9.64 Å². The lowest BCUT2D eigenvalue weighted by Crippen LogP contribution is -2.21.